The van der Waals surface area contributed by atoms with E-state index in [1.54, 1.807) is 9.25 Å². The van der Waals surface area contributed by atoms with E-state index < -0.39 is 0 Å². The van der Waals surface area contributed by atoms with E-state index in [2.05, 4.69) is 5.10 Å². The van der Waals surface area contributed by atoms with Crippen molar-refractivity contribution in [3.63, 3.8) is 0 Å². The van der Waals surface area contributed by atoms with E-state index in [1.165, 1.54) is 0 Å². The van der Waals surface area contributed by atoms with Gasteiger partial charge in [0.05, 0.1) is 17.9 Å². The zero-order valence-corrected chi connectivity index (χ0v) is 16.0. The third kappa shape index (κ3) is 3.34. The Morgan fingerprint density at radius 1 is 1.00 bits per heavy atom. The molecule has 6 heteroatoms. The molecule has 0 N–H and O–H groups in total. The van der Waals surface area contributed by atoms with Gasteiger partial charge in [0.1, 0.15) is 17.8 Å². The molecule has 0 aliphatic rings. The molecule has 4 aromatic rings. The third-order valence-corrected chi connectivity index (χ3v) is 4.66. The highest BCUT2D eigenvalue weighted by molar-refractivity contribution is 5.78. The molecule has 0 saturated carbocycles. The molecule has 0 saturated heterocycles. The van der Waals surface area contributed by atoms with Crippen LogP contribution < -0.4 is 5.56 Å². The number of nitrogens with zero attached hydrogens (tertiary/aromatic N) is 4. The summed E-state index contributed by atoms with van der Waals surface area (Å²) >= 11 is 0. The molecule has 6 nitrogen and oxygen atoms in total. The number of aryl methyl sites for hydroxylation is 1. The molecule has 2 heterocycles. The van der Waals surface area contributed by atoms with Crippen molar-refractivity contribution in [1.82, 2.24) is 19.3 Å². The zero-order chi connectivity index (χ0) is 19.5. The van der Waals surface area contributed by atoms with Crippen LogP contribution in [0.4, 0.5) is 0 Å². The molecule has 142 valence electrons. The Balaban J connectivity index is 1.93. The summed E-state index contributed by atoms with van der Waals surface area (Å²) in [5.74, 6) is 0.597. The normalized spacial score (nSPS) is 11.2. The summed E-state index contributed by atoms with van der Waals surface area (Å²) in [6.45, 7) is 5.04. The van der Waals surface area contributed by atoms with Crippen molar-refractivity contribution in [3.8, 4) is 5.69 Å². The van der Waals surface area contributed by atoms with Gasteiger partial charge in [-0.05, 0) is 31.5 Å². The van der Waals surface area contributed by atoms with Crippen molar-refractivity contribution >= 4 is 11.0 Å². The van der Waals surface area contributed by atoms with Gasteiger partial charge in [0.2, 0.25) is 0 Å². The summed E-state index contributed by atoms with van der Waals surface area (Å²) in [5, 5.41) is 5.13. The van der Waals surface area contributed by atoms with Gasteiger partial charge >= 0.3 is 0 Å². The Morgan fingerprint density at radius 3 is 2.36 bits per heavy atom. The largest absolute Gasteiger partial charge is 0.374 e. The summed E-state index contributed by atoms with van der Waals surface area (Å²) in [7, 11) is 0. The molecule has 0 radical (unpaired) electrons. The molecule has 28 heavy (non-hydrogen) atoms. The van der Waals surface area contributed by atoms with Crippen LogP contribution in [-0.4, -0.2) is 25.9 Å². The lowest BCUT2D eigenvalue weighted by atomic mass is 10.2. The number of benzene rings is 2. The second-order valence-corrected chi connectivity index (χ2v) is 6.57. The summed E-state index contributed by atoms with van der Waals surface area (Å²) in [6, 6.07) is 19.6. The molecule has 0 fully saturated rings. The SMILES string of the molecule is CCOCc1nc2c(c(C)nn2-c2ccccc2)c(=O)n1Cc1ccccc1. The highest BCUT2D eigenvalue weighted by Gasteiger charge is 2.19. The first-order valence-corrected chi connectivity index (χ1v) is 9.35. The predicted molar refractivity (Wildman–Crippen MR) is 109 cm³/mol. The quantitative estimate of drug-likeness (QED) is 0.518. The van der Waals surface area contributed by atoms with Gasteiger partial charge in [-0.1, -0.05) is 48.5 Å². The van der Waals surface area contributed by atoms with Crippen LogP contribution in [0, 0.1) is 6.92 Å². The lowest BCUT2D eigenvalue weighted by Crippen LogP contribution is -2.27. The minimum absolute atomic E-state index is 0.0942. The number of para-hydroxylation sites is 1. The minimum atomic E-state index is -0.0942. The maximum absolute atomic E-state index is 13.4. The van der Waals surface area contributed by atoms with Crippen LogP contribution in [0.2, 0.25) is 0 Å². The molecule has 0 bridgehead atoms. The van der Waals surface area contributed by atoms with Crippen LogP contribution in [0.5, 0.6) is 0 Å². The summed E-state index contributed by atoms with van der Waals surface area (Å²) < 4.78 is 9.02. The summed E-state index contributed by atoms with van der Waals surface area (Å²) in [4.78, 5) is 18.2. The average Bonchev–Trinajstić information content (AvgIpc) is 3.06. The van der Waals surface area contributed by atoms with Crippen molar-refractivity contribution in [1.29, 1.82) is 0 Å². The Kier molecular flexibility index (Phi) is 5.04. The second kappa shape index (κ2) is 7.78. The summed E-state index contributed by atoms with van der Waals surface area (Å²) in [6.07, 6.45) is 0. The van der Waals surface area contributed by atoms with Crippen molar-refractivity contribution in [3.05, 3.63) is 88.1 Å². The monoisotopic (exact) mass is 374 g/mol. The highest BCUT2D eigenvalue weighted by atomic mass is 16.5. The lowest BCUT2D eigenvalue weighted by Gasteiger charge is -2.13. The maximum Gasteiger partial charge on any atom is 0.265 e. The van der Waals surface area contributed by atoms with Gasteiger partial charge in [0, 0.05) is 6.61 Å². The van der Waals surface area contributed by atoms with E-state index in [1.807, 2.05) is 74.5 Å². The van der Waals surface area contributed by atoms with E-state index >= 15 is 0 Å². The number of hydrogen-bond acceptors (Lipinski definition) is 4. The Bertz CT molecular complexity index is 1150. The van der Waals surface area contributed by atoms with Crippen LogP contribution in [0.1, 0.15) is 24.0 Å². The van der Waals surface area contributed by atoms with Crippen molar-refractivity contribution < 1.29 is 4.74 Å². The Hall–Kier alpha value is -3.25. The molecular weight excluding hydrogens is 352 g/mol. The Labute approximate surface area is 163 Å². The lowest BCUT2D eigenvalue weighted by molar-refractivity contribution is 0.125. The fourth-order valence-corrected chi connectivity index (χ4v) is 3.29. The van der Waals surface area contributed by atoms with Crippen molar-refractivity contribution in [2.45, 2.75) is 27.0 Å². The van der Waals surface area contributed by atoms with E-state index in [0.717, 1.165) is 11.3 Å². The molecular formula is C22H22N4O2. The molecule has 0 aliphatic heterocycles. The number of ether oxygens (including phenoxy) is 1. The van der Waals surface area contributed by atoms with Crippen LogP contribution >= 0.6 is 0 Å². The first-order valence-electron chi connectivity index (χ1n) is 9.35. The van der Waals surface area contributed by atoms with Crippen LogP contribution in [-0.2, 0) is 17.9 Å². The van der Waals surface area contributed by atoms with E-state index in [0.29, 0.717) is 35.7 Å². The molecule has 2 aromatic heterocycles. The topological polar surface area (TPSA) is 61.9 Å². The molecule has 0 spiro atoms. The third-order valence-electron chi connectivity index (χ3n) is 4.66. The predicted octanol–water partition coefficient (Wildman–Crippen LogP) is 3.48. The van der Waals surface area contributed by atoms with E-state index in [4.69, 9.17) is 9.72 Å². The molecule has 0 aliphatic carbocycles. The standard InChI is InChI=1S/C22H22N4O2/c1-3-28-15-19-23-21-20(16(2)24-26(21)18-12-8-5-9-13-18)22(27)25(19)14-17-10-6-4-7-11-17/h4-13H,3,14-15H2,1-2H3. The van der Waals surface area contributed by atoms with Crippen molar-refractivity contribution in [2.24, 2.45) is 0 Å². The van der Waals surface area contributed by atoms with Crippen LogP contribution in [0.3, 0.4) is 0 Å². The van der Waals surface area contributed by atoms with Gasteiger partial charge in [-0.3, -0.25) is 9.36 Å². The molecule has 0 atom stereocenters. The first-order chi connectivity index (χ1) is 13.7. The average molecular weight is 374 g/mol. The number of rotatable bonds is 6. The van der Waals surface area contributed by atoms with E-state index in [9.17, 15) is 4.79 Å². The fourth-order valence-electron chi connectivity index (χ4n) is 3.29. The van der Waals surface area contributed by atoms with Gasteiger partial charge in [0.25, 0.3) is 5.56 Å². The fraction of sp³-hybridized carbons (Fsp3) is 0.227. The first kappa shape index (κ1) is 18.1. The Morgan fingerprint density at radius 2 is 1.68 bits per heavy atom. The minimum Gasteiger partial charge on any atom is -0.374 e. The van der Waals surface area contributed by atoms with Gasteiger partial charge < -0.3 is 4.74 Å². The molecule has 0 amide bonds. The molecule has 0 unspecified atom stereocenters. The van der Waals surface area contributed by atoms with Crippen molar-refractivity contribution in [2.75, 3.05) is 6.61 Å². The summed E-state index contributed by atoms with van der Waals surface area (Å²) in [5.41, 5.74) is 3.05. The van der Waals surface area contributed by atoms with Gasteiger partial charge in [0.15, 0.2) is 5.65 Å². The molecule has 2 aromatic carbocycles. The number of aromatic nitrogens is 4. The van der Waals surface area contributed by atoms with E-state index in [-0.39, 0.29) is 12.2 Å². The van der Waals surface area contributed by atoms with Gasteiger partial charge in [-0.2, -0.15) is 5.10 Å². The zero-order valence-electron chi connectivity index (χ0n) is 16.0. The second-order valence-electron chi connectivity index (χ2n) is 6.57. The smallest absolute Gasteiger partial charge is 0.265 e. The number of fused-ring (bicyclic) bond motifs is 1. The van der Waals surface area contributed by atoms with Crippen LogP contribution in [0.25, 0.3) is 16.7 Å². The maximum atomic E-state index is 13.4. The van der Waals surface area contributed by atoms with Crippen LogP contribution in [0.15, 0.2) is 65.5 Å². The highest BCUT2D eigenvalue weighted by Crippen LogP contribution is 2.18. The van der Waals surface area contributed by atoms with Gasteiger partial charge in [-0.25, -0.2) is 9.67 Å². The number of hydrogen-bond donors (Lipinski definition) is 0. The van der Waals surface area contributed by atoms with Gasteiger partial charge in [-0.15, -0.1) is 0 Å². The molecule has 4 rings (SSSR count).